The Morgan fingerprint density at radius 3 is 3.06 bits per heavy atom. The summed E-state index contributed by atoms with van der Waals surface area (Å²) in [6, 6.07) is 4.33. The number of esters is 1. The quantitative estimate of drug-likeness (QED) is 0.714. The van der Waals surface area contributed by atoms with Crippen LogP contribution in [0.15, 0.2) is 17.5 Å². The molecule has 2 aliphatic rings. The molecule has 2 fully saturated rings. The molecule has 1 aromatic rings. The maximum atomic E-state index is 11.6. The topological polar surface area (TPSA) is 26.3 Å². The lowest BCUT2D eigenvalue weighted by Gasteiger charge is -2.38. The van der Waals surface area contributed by atoms with Crippen LogP contribution in [0.3, 0.4) is 0 Å². The van der Waals surface area contributed by atoms with Crippen molar-refractivity contribution in [3.8, 4) is 0 Å². The highest BCUT2D eigenvalue weighted by Crippen LogP contribution is 2.48. The fraction of sp³-hybridized carbons (Fsp3) is 0.643. The molecule has 0 radical (unpaired) electrons. The van der Waals surface area contributed by atoms with Crippen LogP contribution in [0.25, 0.3) is 0 Å². The predicted octanol–water partition coefficient (Wildman–Crippen LogP) is 3.37. The molecule has 92 valence electrons. The molecule has 3 heteroatoms. The maximum absolute atomic E-state index is 11.6. The largest absolute Gasteiger partial charge is 0.462 e. The third-order valence-corrected chi connectivity index (χ3v) is 5.73. The lowest BCUT2D eigenvalue weighted by Crippen LogP contribution is -2.37. The van der Waals surface area contributed by atoms with Gasteiger partial charge in [-0.05, 0) is 30.7 Å². The van der Waals surface area contributed by atoms with E-state index in [0.717, 1.165) is 12.8 Å². The van der Waals surface area contributed by atoms with Crippen molar-refractivity contribution in [2.45, 2.75) is 44.6 Å². The van der Waals surface area contributed by atoms with Crippen LogP contribution in [0.1, 0.15) is 38.0 Å². The van der Waals surface area contributed by atoms with Crippen molar-refractivity contribution in [1.29, 1.82) is 0 Å². The molecule has 0 amide bonds. The molecular formula is C14H18O2S. The number of rotatable bonds is 1. The van der Waals surface area contributed by atoms with Gasteiger partial charge in [-0.2, -0.15) is 0 Å². The van der Waals surface area contributed by atoms with Crippen LogP contribution >= 0.6 is 11.3 Å². The summed E-state index contributed by atoms with van der Waals surface area (Å²) in [5.74, 6) is 0.568. The molecule has 1 aliphatic heterocycles. The Labute approximate surface area is 106 Å². The summed E-state index contributed by atoms with van der Waals surface area (Å²) in [4.78, 5) is 13.1. The van der Waals surface area contributed by atoms with Crippen LogP contribution in [0.5, 0.6) is 0 Å². The number of thiophene rings is 1. The van der Waals surface area contributed by atoms with E-state index in [1.165, 1.54) is 11.3 Å². The standard InChI is InChI=1S/C14H18O2S/c1-9-10-5-6-14(2,12-4-3-7-17-12)8-11(10)16-13(9)15/h3-4,7,9-11H,5-6,8H2,1-2H3. The van der Waals surface area contributed by atoms with Crippen molar-refractivity contribution >= 4 is 17.3 Å². The second-order valence-electron chi connectivity index (χ2n) is 5.71. The smallest absolute Gasteiger partial charge is 0.309 e. The highest BCUT2D eigenvalue weighted by Gasteiger charge is 2.49. The highest BCUT2D eigenvalue weighted by atomic mass is 32.1. The summed E-state index contributed by atoms with van der Waals surface area (Å²) in [6.45, 7) is 4.33. The first-order valence-electron chi connectivity index (χ1n) is 6.35. The van der Waals surface area contributed by atoms with E-state index < -0.39 is 0 Å². The first-order valence-corrected chi connectivity index (χ1v) is 7.23. The van der Waals surface area contributed by atoms with Crippen molar-refractivity contribution < 1.29 is 9.53 Å². The molecule has 0 spiro atoms. The lowest BCUT2D eigenvalue weighted by atomic mass is 9.67. The van der Waals surface area contributed by atoms with Gasteiger partial charge in [0.2, 0.25) is 0 Å². The molecule has 1 aromatic heterocycles. The monoisotopic (exact) mass is 250 g/mol. The predicted molar refractivity (Wildman–Crippen MR) is 68.1 cm³/mol. The van der Waals surface area contributed by atoms with Gasteiger partial charge in [0.15, 0.2) is 0 Å². The lowest BCUT2D eigenvalue weighted by molar-refractivity contribution is -0.144. The van der Waals surface area contributed by atoms with E-state index >= 15 is 0 Å². The summed E-state index contributed by atoms with van der Waals surface area (Å²) in [7, 11) is 0. The summed E-state index contributed by atoms with van der Waals surface area (Å²) < 4.78 is 5.54. The van der Waals surface area contributed by atoms with Crippen LogP contribution in [-0.4, -0.2) is 12.1 Å². The normalized spacial score (nSPS) is 41.1. The summed E-state index contributed by atoms with van der Waals surface area (Å²) >= 11 is 1.82. The van der Waals surface area contributed by atoms with Gasteiger partial charge in [0.25, 0.3) is 0 Å². The molecule has 0 aromatic carbocycles. The molecule has 0 bridgehead atoms. The molecule has 3 rings (SSSR count). The van der Waals surface area contributed by atoms with Crippen molar-refractivity contribution in [2.24, 2.45) is 11.8 Å². The molecule has 2 nitrogen and oxygen atoms in total. The Balaban J connectivity index is 1.83. The van der Waals surface area contributed by atoms with Gasteiger partial charge >= 0.3 is 5.97 Å². The van der Waals surface area contributed by atoms with Crippen LogP contribution in [0.2, 0.25) is 0 Å². The Hall–Kier alpha value is -0.830. The fourth-order valence-electron chi connectivity index (χ4n) is 3.35. The van der Waals surface area contributed by atoms with Gasteiger partial charge in [-0.3, -0.25) is 4.79 Å². The van der Waals surface area contributed by atoms with E-state index in [-0.39, 0.29) is 23.4 Å². The number of carbonyl (C=O) groups excluding carboxylic acids is 1. The Morgan fingerprint density at radius 1 is 1.53 bits per heavy atom. The first kappa shape index (κ1) is 11.3. The molecule has 1 saturated heterocycles. The fourth-order valence-corrected chi connectivity index (χ4v) is 4.28. The zero-order valence-electron chi connectivity index (χ0n) is 10.3. The minimum absolute atomic E-state index is 0.00966. The molecule has 4 unspecified atom stereocenters. The van der Waals surface area contributed by atoms with E-state index in [4.69, 9.17) is 4.74 Å². The molecule has 17 heavy (non-hydrogen) atoms. The van der Waals surface area contributed by atoms with Crippen LogP contribution in [0.4, 0.5) is 0 Å². The third kappa shape index (κ3) is 1.71. The first-order chi connectivity index (χ1) is 8.10. The van der Waals surface area contributed by atoms with Crippen molar-refractivity contribution in [3.05, 3.63) is 22.4 Å². The maximum Gasteiger partial charge on any atom is 0.309 e. The van der Waals surface area contributed by atoms with Gasteiger partial charge in [-0.15, -0.1) is 11.3 Å². The third-order valence-electron chi connectivity index (χ3n) is 4.56. The zero-order chi connectivity index (χ0) is 12.0. The minimum Gasteiger partial charge on any atom is -0.462 e. The SMILES string of the molecule is CC1C(=O)OC2CC(C)(c3cccs3)CCC21. The van der Waals surface area contributed by atoms with E-state index in [0.29, 0.717) is 5.92 Å². The van der Waals surface area contributed by atoms with Gasteiger partial charge in [-0.25, -0.2) is 0 Å². The van der Waals surface area contributed by atoms with Crippen LogP contribution in [0, 0.1) is 11.8 Å². The van der Waals surface area contributed by atoms with E-state index in [2.05, 4.69) is 24.4 Å². The van der Waals surface area contributed by atoms with Crippen LogP contribution < -0.4 is 0 Å². The Morgan fingerprint density at radius 2 is 2.35 bits per heavy atom. The second kappa shape index (κ2) is 3.84. The summed E-state index contributed by atoms with van der Waals surface area (Å²) in [5, 5.41) is 2.13. The minimum atomic E-state index is 0.00966. The van der Waals surface area contributed by atoms with E-state index in [9.17, 15) is 4.79 Å². The van der Waals surface area contributed by atoms with Gasteiger partial charge in [0.05, 0.1) is 5.92 Å². The van der Waals surface area contributed by atoms with Gasteiger partial charge in [-0.1, -0.05) is 19.9 Å². The number of hydrogen-bond donors (Lipinski definition) is 0. The van der Waals surface area contributed by atoms with E-state index in [1.54, 1.807) is 0 Å². The molecular weight excluding hydrogens is 232 g/mol. The number of carbonyl (C=O) groups is 1. The van der Waals surface area contributed by atoms with Crippen molar-refractivity contribution in [2.75, 3.05) is 0 Å². The number of ether oxygens (including phenoxy) is 1. The van der Waals surface area contributed by atoms with E-state index in [1.807, 2.05) is 18.3 Å². The summed E-state index contributed by atoms with van der Waals surface area (Å²) in [5.41, 5.74) is 0.208. The number of fused-ring (bicyclic) bond motifs is 1. The molecule has 2 heterocycles. The average molecular weight is 250 g/mol. The summed E-state index contributed by atoms with van der Waals surface area (Å²) in [6.07, 6.45) is 3.44. The van der Waals surface area contributed by atoms with Crippen molar-refractivity contribution in [3.63, 3.8) is 0 Å². The van der Waals surface area contributed by atoms with Gasteiger partial charge in [0.1, 0.15) is 6.10 Å². The zero-order valence-corrected chi connectivity index (χ0v) is 11.1. The average Bonchev–Trinajstić information content (AvgIpc) is 2.89. The number of hydrogen-bond acceptors (Lipinski definition) is 3. The van der Waals surface area contributed by atoms with Gasteiger partial charge in [0, 0.05) is 16.2 Å². The highest BCUT2D eigenvalue weighted by molar-refractivity contribution is 7.10. The second-order valence-corrected chi connectivity index (χ2v) is 6.66. The van der Waals surface area contributed by atoms with Crippen LogP contribution in [-0.2, 0) is 14.9 Å². The Bertz CT molecular complexity index is 425. The molecule has 4 atom stereocenters. The molecule has 1 saturated carbocycles. The van der Waals surface area contributed by atoms with Gasteiger partial charge < -0.3 is 4.74 Å². The van der Waals surface area contributed by atoms with Crippen molar-refractivity contribution in [1.82, 2.24) is 0 Å². The Kier molecular flexibility index (Phi) is 2.54. The molecule has 1 aliphatic carbocycles. The molecule has 0 N–H and O–H groups in total.